The van der Waals surface area contributed by atoms with Gasteiger partial charge < -0.3 is 9.84 Å². The number of benzene rings is 1. The molecule has 0 aromatic heterocycles. The van der Waals surface area contributed by atoms with E-state index in [9.17, 15) is 0 Å². The zero-order chi connectivity index (χ0) is 11.1. The van der Waals surface area contributed by atoms with Gasteiger partial charge in [0.05, 0.1) is 18.8 Å². The summed E-state index contributed by atoms with van der Waals surface area (Å²) in [4.78, 5) is 0. The molecule has 0 amide bonds. The highest BCUT2D eigenvalue weighted by Crippen LogP contribution is 2.08. The molecule has 15 heavy (non-hydrogen) atoms. The predicted molar refractivity (Wildman–Crippen MR) is 61.6 cm³/mol. The third-order valence-corrected chi connectivity index (χ3v) is 2.37. The molecule has 0 aliphatic heterocycles. The summed E-state index contributed by atoms with van der Waals surface area (Å²) < 4.78 is 5.67. The van der Waals surface area contributed by atoms with E-state index in [0.29, 0.717) is 6.61 Å². The molecule has 2 heteroatoms. The standard InChI is InChI=1S/C13H20O2/c1-11(14)8-9-12(2)15-10-13-6-4-3-5-7-13/h3-7,11-12,14H,8-10H2,1-2H3. The van der Waals surface area contributed by atoms with E-state index in [2.05, 4.69) is 12.1 Å². The Balaban J connectivity index is 2.19. The van der Waals surface area contributed by atoms with Gasteiger partial charge in [0.25, 0.3) is 0 Å². The average molecular weight is 208 g/mol. The number of hydrogen-bond acceptors (Lipinski definition) is 2. The molecule has 0 saturated carbocycles. The summed E-state index contributed by atoms with van der Waals surface area (Å²) in [6, 6.07) is 10.1. The van der Waals surface area contributed by atoms with E-state index in [-0.39, 0.29) is 12.2 Å². The summed E-state index contributed by atoms with van der Waals surface area (Å²) in [5.41, 5.74) is 1.20. The van der Waals surface area contributed by atoms with Gasteiger partial charge in [0, 0.05) is 0 Å². The van der Waals surface area contributed by atoms with Crippen molar-refractivity contribution in [2.24, 2.45) is 0 Å². The zero-order valence-electron chi connectivity index (χ0n) is 9.52. The van der Waals surface area contributed by atoms with Crippen LogP contribution in [0.3, 0.4) is 0 Å². The summed E-state index contributed by atoms with van der Waals surface area (Å²) in [5, 5.41) is 9.13. The first kappa shape index (κ1) is 12.2. The Labute approximate surface area is 91.9 Å². The number of aliphatic hydroxyl groups excluding tert-OH is 1. The predicted octanol–water partition coefficient (Wildman–Crippen LogP) is 2.75. The molecule has 2 unspecified atom stereocenters. The normalized spacial score (nSPS) is 14.9. The molecule has 1 aromatic rings. The molecule has 0 fully saturated rings. The van der Waals surface area contributed by atoms with Crippen molar-refractivity contribution in [3.63, 3.8) is 0 Å². The molecule has 0 heterocycles. The van der Waals surface area contributed by atoms with Gasteiger partial charge in [-0.3, -0.25) is 0 Å². The van der Waals surface area contributed by atoms with Crippen LogP contribution >= 0.6 is 0 Å². The smallest absolute Gasteiger partial charge is 0.0720 e. The maximum absolute atomic E-state index is 9.13. The third kappa shape index (κ3) is 5.55. The van der Waals surface area contributed by atoms with E-state index in [4.69, 9.17) is 9.84 Å². The lowest BCUT2D eigenvalue weighted by molar-refractivity contribution is 0.0371. The third-order valence-electron chi connectivity index (χ3n) is 2.37. The van der Waals surface area contributed by atoms with Gasteiger partial charge in [0.2, 0.25) is 0 Å². The lowest BCUT2D eigenvalue weighted by atomic mass is 10.1. The molecule has 0 saturated heterocycles. The van der Waals surface area contributed by atoms with E-state index in [0.717, 1.165) is 12.8 Å². The largest absolute Gasteiger partial charge is 0.393 e. The molecular weight excluding hydrogens is 188 g/mol. The van der Waals surface area contributed by atoms with Gasteiger partial charge in [-0.05, 0) is 32.3 Å². The number of hydrogen-bond donors (Lipinski definition) is 1. The minimum Gasteiger partial charge on any atom is -0.393 e. The van der Waals surface area contributed by atoms with Crippen molar-refractivity contribution in [1.29, 1.82) is 0 Å². The molecule has 2 atom stereocenters. The first-order valence-corrected chi connectivity index (χ1v) is 5.52. The number of ether oxygens (including phenoxy) is 1. The fraction of sp³-hybridized carbons (Fsp3) is 0.538. The van der Waals surface area contributed by atoms with Crippen LogP contribution in [0, 0.1) is 0 Å². The summed E-state index contributed by atoms with van der Waals surface area (Å²) in [5.74, 6) is 0. The van der Waals surface area contributed by atoms with Crippen LogP contribution in [0.25, 0.3) is 0 Å². The van der Waals surface area contributed by atoms with Crippen molar-refractivity contribution in [3.05, 3.63) is 35.9 Å². The van der Waals surface area contributed by atoms with E-state index < -0.39 is 0 Å². The average Bonchev–Trinajstić information content (AvgIpc) is 2.25. The Morgan fingerprint density at radius 3 is 2.40 bits per heavy atom. The minimum atomic E-state index is -0.229. The van der Waals surface area contributed by atoms with Crippen molar-refractivity contribution in [2.45, 2.75) is 45.5 Å². The molecule has 0 spiro atoms. The van der Waals surface area contributed by atoms with Crippen LogP contribution in [0.15, 0.2) is 30.3 Å². The Kier molecular flexibility index (Phi) is 5.37. The molecular formula is C13H20O2. The Bertz CT molecular complexity index is 256. The highest BCUT2D eigenvalue weighted by molar-refractivity contribution is 5.13. The molecule has 2 nitrogen and oxygen atoms in total. The second-order valence-corrected chi connectivity index (χ2v) is 4.03. The number of aliphatic hydroxyl groups is 1. The van der Waals surface area contributed by atoms with Crippen molar-refractivity contribution in [1.82, 2.24) is 0 Å². The fourth-order valence-electron chi connectivity index (χ4n) is 1.37. The Morgan fingerprint density at radius 1 is 1.13 bits per heavy atom. The SMILES string of the molecule is CC(O)CCC(C)OCc1ccccc1. The van der Waals surface area contributed by atoms with Crippen LogP contribution in [-0.2, 0) is 11.3 Å². The maximum atomic E-state index is 9.13. The van der Waals surface area contributed by atoms with Crippen LogP contribution in [0.4, 0.5) is 0 Å². The minimum absolute atomic E-state index is 0.208. The van der Waals surface area contributed by atoms with Crippen LogP contribution in [0.2, 0.25) is 0 Å². The topological polar surface area (TPSA) is 29.5 Å². The van der Waals surface area contributed by atoms with E-state index >= 15 is 0 Å². The molecule has 1 N–H and O–H groups in total. The molecule has 0 aliphatic rings. The van der Waals surface area contributed by atoms with Gasteiger partial charge >= 0.3 is 0 Å². The van der Waals surface area contributed by atoms with E-state index in [1.54, 1.807) is 0 Å². The lowest BCUT2D eigenvalue weighted by Crippen LogP contribution is -2.11. The van der Waals surface area contributed by atoms with Crippen molar-refractivity contribution in [3.8, 4) is 0 Å². The van der Waals surface area contributed by atoms with Crippen molar-refractivity contribution in [2.75, 3.05) is 0 Å². The zero-order valence-corrected chi connectivity index (χ0v) is 9.52. The molecule has 84 valence electrons. The maximum Gasteiger partial charge on any atom is 0.0720 e. The summed E-state index contributed by atoms with van der Waals surface area (Å²) in [6.07, 6.45) is 1.69. The molecule has 1 rings (SSSR count). The summed E-state index contributed by atoms with van der Waals surface area (Å²) >= 11 is 0. The van der Waals surface area contributed by atoms with Crippen LogP contribution in [0.5, 0.6) is 0 Å². The van der Waals surface area contributed by atoms with E-state index in [1.165, 1.54) is 5.56 Å². The van der Waals surface area contributed by atoms with Crippen LogP contribution in [-0.4, -0.2) is 17.3 Å². The quantitative estimate of drug-likeness (QED) is 0.779. The second kappa shape index (κ2) is 6.59. The first-order valence-electron chi connectivity index (χ1n) is 5.52. The van der Waals surface area contributed by atoms with Crippen molar-refractivity contribution >= 4 is 0 Å². The van der Waals surface area contributed by atoms with Crippen LogP contribution in [0.1, 0.15) is 32.3 Å². The lowest BCUT2D eigenvalue weighted by Gasteiger charge is -2.13. The molecule has 1 aromatic carbocycles. The number of rotatable bonds is 6. The Morgan fingerprint density at radius 2 is 1.80 bits per heavy atom. The molecule has 0 radical (unpaired) electrons. The summed E-state index contributed by atoms with van der Waals surface area (Å²) in [7, 11) is 0. The van der Waals surface area contributed by atoms with Gasteiger partial charge in [0.15, 0.2) is 0 Å². The summed E-state index contributed by atoms with van der Waals surface area (Å²) in [6.45, 7) is 4.51. The van der Waals surface area contributed by atoms with Gasteiger partial charge in [-0.1, -0.05) is 30.3 Å². The van der Waals surface area contributed by atoms with Gasteiger partial charge in [0.1, 0.15) is 0 Å². The van der Waals surface area contributed by atoms with Gasteiger partial charge in [-0.15, -0.1) is 0 Å². The van der Waals surface area contributed by atoms with Gasteiger partial charge in [-0.2, -0.15) is 0 Å². The highest BCUT2D eigenvalue weighted by atomic mass is 16.5. The van der Waals surface area contributed by atoms with Gasteiger partial charge in [-0.25, -0.2) is 0 Å². The Hall–Kier alpha value is -0.860. The molecule has 0 aliphatic carbocycles. The fourth-order valence-corrected chi connectivity index (χ4v) is 1.37. The first-order chi connectivity index (χ1) is 7.18. The highest BCUT2D eigenvalue weighted by Gasteiger charge is 2.04. The van der Waals surface area contributed by atoms with E-state index in [1.807, 2.05) is 32.0 Å². The molecule has 0 bridgehead atoms. The monoisotopic (exact) mass is 208 g/mol. The second-order valence-electron chi connectivity index (χ2n) is 4.03. The van der Waals surface area contributed by atoms with Crippen LogP contribution < -0.4 is 0 Å². The van der Waals surface area contributed by atoms with Crippen molar-refractivity contribution < 1.29 is 9.84 Å².